The Morgan fingerprint density at radius 1 is 1.03 bits per heavy atom. The van der Waals surface area contributed by atoms with Crippen molar-refractivity contribution in [1.82, 2.24) is 25.9 Å². The van der Waals surface area contributed by atoms with Crippen LogP contribution in [0.5, 0.6) is 0 Å². The summed E-state index contributed by atoms with van der Waals surface area (Å²) in [6.07, 6.45) is 2.35. The predicted molar refractivity (Wildman–Crippen MR) is 131 cm³/mol. The van der Waals surface area contributed by atoms with Gasteiger partial charge in [-0.15, -0.1) is 0 Å². The molecule has 1 heterocycles. The topological polar surface area (TPSA) is 281 Å². The van der Waals surface area contributed by atoms with Crippen molar-refractivity contribution in [2.75, 3.05) is 6.54 Å². The van der Waals surface area contributed by atoms with Crippen LogP contribution in [-0.4, -0.2) is 86.5 Å². The fraction of sp³-hybridized carbons (Fsp3) is 0.571. The number of rotatable bonds is 16. The molecule has 0 spiro atoms. The number of nitrogens with zero attached hydrogens (tertiary/aromatic N) is 2. The maximum absolute atomic E-state index is 13.2. The van der Waals surface area contributed by atoms with Crippen molar-refractivity contribution in [1.29, 1.82) is 0 Å². The van der Waals surface area contributed by atoms with Crippen molar-refractivity contribution in [3.63, 3.8) is 0 Å². The number of nitrogens with two attached hydrogens (primary N) is 3. The Morgan fingerprint density at radius 3 is 2.16 bits per heavy atom. The number of aromatic nitrogens is 2. The Bertz CT molecular complexity index is 962. The number of hydrogen-bond acceptors (Lipinski definition) is 8. The molecule has 4 unspecified atom stereocenters. The molecule has 0 fully saturated rings. The lowest BCUT2D eigenvalue weighted by Crippen LogP contribution is -2.58. The molecule has 1 aromatic rings. The number of aliphatic imine (C=N–C) groups is 1. The van der Waals surface area contributed by atoms with Crippen molar-refractivity contribution in [3.05, 3.63) is 18.2 Å². The number of aromatic amines is 1. The molecule has 0 bridgehead atoms. The zero-order chi connectivity index (χ0) is 28.1. The van der Waals surface area contributed by atoms with Crippen LogP contribution < -0.4 is 33.2 Å². The van der Waals surface area contributed by atoms with Gasteiger partial charge in [0.25, 0.3) is 0 Å². The minimum atomic E-state index is -1.42. The van der Waals surface area contributed by atoms with E-state index in [1.807, 2.05) is 0 Å². The average Bonchev–Trinajstić information content (AvgIpc) is 3.30. The van der Waals surface area contributed by atoms with Crippen LogP contribution in [0.4, 0.5) is 0 Å². The number of amides is 3. The van der Waals surface area contributed by atoms with Crippen LogP contribution in [-0.2, 0) is 30.4 Å². The molecule has 1 aromatic heterocycles. The summed E-state index contributed by atoms with van der Waals surface area (Å²) < 4.78 is 0. The lowest BCUT2D eigenvalue weighted by atomic mass is 10.0. The van der Waals surface area contributed by atoms with Crippen molar-refractivity contribution in [2.45, 2.75) is 63.7 Å². The summed E-state index contributed by atoms with van der Waals surface area (Å²) in [6.45, 7) is 3.37. The monoisotopic (exact) mass is 525 g/mol. The fourth-order valence-electron chi connectivity index (χ4n) is 3.20. The minimum absolute atomic E-state index is 0.0241. The lowest BCUT2D eigenvalue weighted by Gasteiger charge is -2.25. The summed E-state index contributed by atoms with van der Waals surface area (Å²) in [7, 11) is 0. The predicted octanol–water partition coefficient (Wildman–Crippen LogP) is -3.00. The molecule has 0 radical (unpaired) electrons. The molecule has 0 aromatic carbocycles. The zero-order valence-corrected chi connectivity index (χ0v) is 20.6. The van der Waals surface area contributed by atoms with Crippen LogP contribution >= 0.6 is 0 Å². The van der Waals surface area contributed by atoms with E-state index in [2.05, 4.69) is 30.9 Å². The van der Waals surface area contributed by atoms with Gasteiger partial charge in [-0.25, -0.2) is 9.78 Å². The largest absolute Gasteiger partial charge is 0.481 e. The molecule has 12 N–H and O–H groups in total. The molecule has 0 aliphatic carbocycles. The van der Waals surface area contributed by atoms with Gasteiger partial charge in [-0.1, -0.05) is 13.8 Å². The Hall–Kier alpha value is -4.21. The third-order valence-electron chi connectivity index (χ3n) is 5.15. The number of hydrogen-bond donors (Lipinski definition) is 9. The standard InChI is InChI=1S/C21H35N9O7/c1-10(2)16(20(36)37)30-19(35)14(6-11-8-25-9-27-11)29-18(34)13(4-3-5-26-21(23)24)28-17(33)12(22)7-15(31)32/h8-10,12-14,16H,3-7,22H2,1-2H3,(H,25,27)(H,28,33)(H,29,34)(H,30,35)(H,31,32)(H,36,37)(H4,23,24,26). The molecule has 4 atom stereocenters. The molecular formula is C21H35N9O7. The Balaban J connectivity index is 3.10. The van der Waals surface area contributed by atoms with E-state index >= 15 is 0 Å². The quantitative estimate of drug-likeness (QED) is 0.0595. The second-order valence-corrected chi connectivity index (χ2v) is 8.63. The van der Waals surface area contributed by atoms with E-state index < -0.39 is 66.2 Å². The Labute approximate surface area is 212 Å². The number of carbonyl (C=O) groups is 5. The first kappa shape index (κ1) is 30.8. The molecule has 16 heteroatoms. The number of guanidine groups is 1. The van der Waals surface area contributed by atoms with Crippen molar-refractivity contribution in [2.24, 2.45) is 28.1 Å². The van der Waals surface area contributed by atoms with Gasteiger partial charge in [0, 0.05) is 24.9 Å². The second-order valence-electron chi connectivity index (χ2n) is 8.63. The molecule has 0 saturated carbocycles. The van der Waals surface area contributed by atoms with Gasteiger partial charge in [-0.05, 0) is 18.8 Å². The van der Waals surface area contributed by atoms with Gasteiger partial charge in [-0.2, -0.15) is 0 Å². The van der Waals surface area contributed by atoms with Gasteiger partial charge in [0.05, 0.1) is 18.8 Å². The van der Waals surface area contributed by atoms with Gasteiger partial charge in [0.15, 0.2) is 5.96 Å². The van der Waals surface area contributed by atoms with E-state index in [-0.39, 0.29) is 31.8 Å². The fourth-order valence-corrected chi connectivity index (χ4v) is 3.20. The minimum Gasteiger partial charge on any atom is -0.481 e. The molecule has 1 rings (SSSR count). The van der Waals surface area contributed by atoms with Crippen LogP contribution in [0, 0.1) is 5.92 Å². The highest BCUT2D eigenvalue weighted by atomic mass is 16.4. The summed E-state index contributed by atoms with van der Waals surface area (Å²) in [5.74, 6) is -5.58. The normalized spacial score (nSPS) is 14.1. The molecule has 0 saturated heterocycles. The van der Waals surface area contributed by atoms with Crippen LogP contribution in [0.2, 0.25) is 0 Å². The first-order valence-corrected chi connectivity index (χ1v) is 11.5. The van der Waals surface area contributed by atoms with Gasteiger partial charge in [-0.3, -0.25) is 24.2 Å². The van der Waals surface area contributed by atoms with Gasteiger partial charge in [0.2, 0.25) is 17.7 Å². The van der Waals surface area contributed by atoms with E-state index in [9.17, 15) is 29.1 Å². The summed E-state index contributed by atoms with van der Waals surface area (Å²) >= 11 is 0. The highest BCUT2D eigenvalue weighted by molar-refractivity contribution is 5.94. The van der Waals surface area contributed by atoms with Gasteiger partial charge in [0.1, 0.15) is 18.1 Å². The smallest absolute Gasteiger partial charge is 0.326 e. The lowest BCUT2D eigenvalue weighted by molar-refractivity contribution is -0.143. The molecule has 3 amide bonds. The van der Waals surface area contributed by atoms with Crippen molar-refractivity contribution >= 4 is 35.6 Å². The molecule has 37 heavy (non-hydrogen) atoms. The summed E-state index contributed by atoms with van der Waals surface area (Å²) in [5.41, 5.74) is 16.7. The summed E-state index contributed by atoms with van der Waals surface area (Å²) in [6, 6.07) is -5.09. The molecule has 16 nitrogen and oxygen atoms in total. The highest BCUT2D eigenvalue weighted by Gasteiger charge is 2.31. The molecular weight excluding hydrogens is 490 g/mol. The maximum Gasteiger partial charge on any atom is 0.326 e. The Morgan fingerprint density at radius 2 is 1.65 bits per heavy atom. The first-order valence-electron chi connectivity index (χ1n) is 11.5. The maximum atomic E-state index is 13.2. The van der Waals surface area contributed by atoms with Gasteiger partial charge >= 0.3 is 11.9 Å². The number of nitrogens with one attached hydrogen (secondary N) is 4. The van der Waals surface area contributed by atoms with Crippen LogP contribution in [0.1, 0.15) is 38.8 Å². The highest BCUT2D eigenvalue weighted by Crippen LogP contribution is 2.07. The van der Waals surface area contributed by atoms with Crippen molar-refractivity contribution in [3.8, 4) is 0 Å². The average molecular weight is 526 g/mol. The number of carbonyl (C=O) groups excluding carboxylic acids is 3. The van der Waals surface area contributed by atoms with Crippen LogP contribution in [0.15, 0.2) is 17.5 Å². The molecule has 206 valence electrons. The van der Waals surface area contributed by atoms with E-state index in [1.54, 1.807) is 13.8 Å². The number of H-pyrrole nitrogens is 1. The van der Waals surface area contributed by atoms with Gasteiger partial charge < -0.3 is 48.3 Å². The van der Waals surface area contributed by atoms with Crippen LogP contribution in [0.25, 0.3) is 0 Å². The molecule has 0 aliphatic heterocycles. The number of carboxylic acids is 2. The third kappa shape index (κ3) is 11.4. The number of carboxylic acid groups (broad SMARTS) is 2. The third-order valence-corrected chi connectivity index (χ3v) is 5.15. The van der Waals surface area contributed by atoms with E-state index in [0.717, 1.165) is 0 Å². The Kier molecular flexibility index (Phi) is 12.5. The van der Waals surface area contributed by atoms with E-state index in [0.29, 0.717) is 5.69 Å². The van der Waals surface area contributed by atoms with Crippen LogP contribution in [0.3, 0.4) is 0 Å². The van der Waals surface area contributed by atoms with Crippen molar-refractivity contribution < 1.29 is 34.2 Å². The van der Waals surface area contributed by atoms with E-state index in [4.69, 9.17) is 22.3 Å². The number of aliphatic carboxylic acids is 2. The van der Waals surface area contributed by atoms with E-state index in [1.165, 1.54) is 12.5 Å². The second kappa shape index (κ2) is 15.0. The summed E-state index contributed by atoms with van der Waals surface area (Å²) in [4.78, 5) is 71.5. The molecule has 0 aliphatic rings. The summed E-state index contributed by atoms with van der Waals surface area (Å²) in [5, 5.41) is 25.6. The SMILES string of the molecule is CC(C)C(NC(=O)C(Cc1cnc[nH]1)NC(=O)C(CCCN=C(N)N)NC(=O)C(N)CC(=O)O)C(=O)O. The zero-order valence-electron chi connectivity index (χ0n) is 20.6. The first-order chi connectivity index (χ1) is 17.3. The number of imidazole rings is 1.